The van der Waals surface area contributed by atoms with Crippen LogP contribution < -0.4 is 5.32 Å². The van der Waals surface area contributed by atoms with E-state index in [-0.39, 0.29) is 23.9 Å². The van der Waals surface area contributed by atoms with Crippen molar-refractivity contribution in [1.82, 2.24) is 5.32 Å². The summed E-state index contributed by atoms with van der Waals surface area (Å²) in [5.74, 6) is -1.03. The molecule has 1 aromatic rings. The summed E-state index contributed by atoms with van der Waals surface area (Å²) in [7, 11) is 0. The van der Waals surface area contributed by atoms with Crippen molar-refractivity contribution in [3.63, 3.8) is 0 Å². The number of alkyl halides is 3. The van der Waals surface area contributed by atoms with Gasteiger partial charge in [-0.1, -0.05) is 0 Å². The van der Waals surface area contributed by atoms with Gasteiger partial charge in [0.15, 0.2) is 0 Å². The molecule has 0 saturated carbocycles. The van der Waals surface area contributed by atoms with Crippen molar-refractivity contribution in [3.8, 4) is 0 Å². The molecule has 18 heavy (non-hydrogen) atoms. The van der Waals surface area contributed by atoms with Crippen LogP contribution in [-0.2, 0) is 17.4 Å². The van der Waals surface area contributed by atoms with Crippen molar-refractivity contribution in [1.29, 1.82) is 0 Å². The molecule has 1 amide bonds. The lowest BCUT2D eigenvalue weighted by Crippen LogP contribution is -2.27. The Kier molecular flexibility index (Phi) is 3.28. The molecule has 0 aromatic heterocycles. The van der Waals surface area contributed by atoms with E-state index in [4.69, 9.17) is 0 Å². The standard InChI is InChI=1S/C12H11F4NO/c13-9-4-7(3-8(6-9)12(14,15)16)5-10-1-2-11(18)17-10/h3-4,6,10H,1-2,5H2,(H,17,18). The maximum atomic E-state index is 13.1. The summed E-state index contributed by atoms with van der Waals surface area (Å²) in [4.78, 5) is 11.0. The Labute approximate surface area is 101 Å². The topological polar surface area (TPSA) is 29.1 Å². The van der Waals surface area contributed by atoms with Gasteiger partial charge in [0.1, 0.15) is 5.82 Å². The first-order valence-electron chi connectivity index (χ1n) is 5.50. The number of hydrogen-bond donors (Lipinski definition) is 1. The molecule has 1 saturated heterocycles. The minimum absolute atomic E-state index is 0.118. The van der Waals surface area contributed by atoms with Crippen LogP contribution in [0.2, 0.25) is 0 Å². The predicted octanol–water partition coefficient (Wildman–Crippen LogP) is 2.67. The fourth-order valence-electron chi connectivity index (χ4n) is 2.05. The molecule has 1 heterocycles. The first kappa shape index (κ1) is 12.9. The molecule has 1 N–H and O–H groups in total. The summed E-state index contributed by atoms with van der Waals surface area (Å²) in [5.41, 5.74) is -0.753. The third-order valence-corrected chi connectivity index (χ3v) is 2.85. The maximum Gasteiger partial charge on any atom is 0.416 e. The van der Waals surface area contributed by atoms with Crippen LogP contribution in [0.4, 0.5) is 17.6 Å². The first-order chi connectivity index (χ1) is 8.34. The number of halogens is 4. The minimum Gasteiger partial charge on any atom is -0.353 e. The number of benzene rings is 1. The van der Waals surface area contributed by atoms with Crippen molar-refractivity contribution in [2.24, 2.45) is 0 Å². The van der Waals surface area contributed by atoms with E-state index in [2.05, 4.69) is 5.32 Å². The van der Waals surface area contributed by atoms with E-state index in [1.807, 2.05) is 0 Å². The molecule has 1 aromatic carbocycles. The average Bonchev–Trinajstić information content (AvgIpc) is 2.61. The Morgan fingerprint density at radius 2 is 2.00 bits per heavy atom. The number of carbonyl (C=O) groups is 1. The van der Waals surface area contributed by atoms with Crippen LogP contribution in [0.15, 0.2) is 18.2 Å². The van der Waals surface area contributed by atoms with Crippen LogP contribution in [-0.4, -0.2) is 11.9 Å². The molecule has 2 nitrogen and oxygen atoms in total. The first-order valence-corrected chi connectivity index (χ1v) is 5.50. The van der Waals surface area contributed by atoms with Gasteiger partial charge in [0.25, 0.3) is 0 Å². The summed E-state index contributed by atoms with van der Waals surface area (Å²) in [6.07, 6.45) is -3.41. The molecule has 0 spiro atoms. The van der Waals surface area contributed by atoms with E-state index in [0.29, 0.717) is 18.9 Å². The van der Waals surface area contributed by atoms with Crippen molar-refractivity contribution < 1.29 is 22.4 Å². The lowest BCUT2D eigenvalue weighted by molar-refractivity contribution is -0.137. The van der Waals surface area contributed by atoms with E-state index < -0.39 is 17.6 Å². The summed E-state index contributed by atoms with van der Waals surface area (Å²) in [6.45, 7) is 0. The van der Waals surface area contributed by atoms with E-state index in [1.165, 1.54) is 0 Å². The van der Waals surface area contributed by atoms with Crippen LogP contribution in [0.25, 0.3) is 0 Å². The number of nitrogens with one attached hydrogen (secondary N) is 1. The molecular weight excluding hydrogens is 250 g/mol. The Morgan fingerprint density at radius 3 is 2.56 bits per heavy atom. The van der Waals surface area contributed by atoms with Gasteiger partial charge in [-0.25, -0.2) is 4.39 Å². The lowest BCUT2D eigenvalue weighted by Gasteiger charge is -2.12. The molecule has 2 rings (SSSR count). The van der Waals surface area contributed by atoms with E-state index in [0.717, 1.165) is 12.1 Å². The molecule has 0 bridgehead atoms. The van der Waals surface area contributed by atoms with Crippen LogP contribution in [0.3, 0.4) is 0 Å². The van der Waals surface area contributed by atoms with E-state index in [1.54, 1.807) is 0 Å². The van der Waals surface area contributed by atoms with Crippen LogP contribution >= 0.6 is 0 Å². The highest BCUT2D eigenvalue weighted by atomic mass is 19.4. The quantitative estimate of drug-likeness (QED) is 0.815. The fourth-order valence-corrected chi connectivity index (χ4v) is 2.05. The normalized spacial score (nSPS) is 20.0. The number of rotatable bonds is 2. The second kappa shape index (κ2) is 4.59. The molecule has 0 radical (unpaired) electrons. The fraction of sp³-hybridized carbons (Fsp3) is 0.417. The molecule has 98 valence electrons. The smallest absolute Gasteiger partial charge is 0.353 e. The molecule has 1 unspecified atom stereocenters. The number of amides is 1. The second-order valence-electron chi connectivity index (χ2n) is 4.35. The third kappa shape index (κ3) is 3.00. The van der Waals surface area contributed by atoms with E-state index in [9.17, 15) is 22.4 Å². The van der Waals surface area contributed by atoms with Gasteiger partial charge in [0.05, 0.1) is 5.56 Å². The second-order valence-corrected chi connectivity index (χ2v) is 4.35. The third-order valence-electron chi connectivity index (χ3n) is 2.85. The Morgan fingerprint density at radius 1 is 1.28 bits per heavy atom. The molecule has 1 aliphatic heterocycles. The van der Waals surface area contributed by atoms with Crippen molar-refractivity contribution in [2.75, 3.05) is 0 Å². The molecular formula is C12H11F4NO. The summed E-state index contributed by atoms with van der Waals surface area (Å²) >= 11 is 0. The van der Waals surface area contributed by atoms with Crippen LogP contribution in [0.5, 0.6) is 0 Å². The van der Waals surface area contributed by atoms with Crippen molar-refractivity contribution >= 4 is 5.91 Å². The van der Waals surface area contributed by atoms with Gasteiger partial charge in [0.2, 0.25) is 5.91 Å². The molecule has 1 atom stereocenters. The minimum atomic E-state index is -4.56. The van der Waals surface area contributed by atoms with Gasteiger partial charge < -0.3 is 5.32 Å². The summed E-state index contributed by atoms with van der Waals surface area (Å²) in [6, 6.07) is 2.25. The monoisotopic (exact) mass is 261 g/mol. The molecule has 0 aliphatic carbocycles. The largest absolute Gasteiger partial charge is 0.416 e. The summed E-state index contributed by atoms with van der Waals surface area (Å²) in [5, 5.41) is 2.64. The number of carbonyl (C=O) groups excluding carboxylic acids is 1. The zero-order chi connectivity index (χ0) is 13.3. The Balaban J connectivity index is 2.18. The zero-order valence-electron chi connectivity index (χ0n) is 9.35. The van der Waals surface area contributed by atoms with Gasteiger partial charge in [-0.3, -0.25) is 4.79 Å². The Bertz CT molecular complexity index is 470. The SMILES string of the molecule is O=C1CCC(Cc2cc(F)cc(C(F)(F)F)c2)N1. The van der Waals surface area contributed by atoms with Gasteiger partial charge in [-0.2, -0.15) is 13.2 Å². The van der Waals surface area contributed by atoms with Gasteiger partial charge >= 0.3 is 6.18 Å². The summed E-state index contributed by atoms with van der Waals surface area (Å²) < 4.78 is 50.6. The zero-order valence-corrected chi connectivity index (χ0v) is 9.35. The highest BCUT2D eigenvalue weighted by molar-refractivity contribution is 5.78. The molecule has 1 fully saturated rings. The number of hydrogen-bond acceptors (Lipinski definition) is 1. The lowest BCUT2D eigenvalue weighted by atomic mass is 10.0. The van der Waals surface area contributed by atoms with Crippen LogP contribution in [0, 0.1) is 5.82 Å². The van der Waals surface area contributed by atoms with Crippen LogP contribution in [0.1, 0.15) is 24.0 Å². The van der Waals surface area contributed by atoms with E-state index >= 15 is 0 Å². The molecule has 6 heteroatoms. The van der Waals surface area contributed by atoms with Gasteiger partial charge in [0, 0.05) is 12.5 Å². The highest BCUT2D eigenvalue weighted by Crippen LogP contribution is 2.30. The maximum absolute atomic E-state index is 13.1. The molecule has 1 aliphatic rings. The predicted molar refractivity (Wildman–Crippen MR) is 56.3 cm³/mol. The average molecular weight is 261 g/mol. The van der Waals surface area contributed by atoms with Crippen molar-refractivity contribution in [2.45, 2.75) is 31.5 Å². The van der Waals surface area contributed by atoms with Gasteiger partial charge in [-0.05, 0) is 36.6 Å². The van der Waals surface area contributed by atoms with Gasteiger partial charge in [-0.15, -0.1) is 0 Å². The Hall–Kier alpha value is -1.59. The highest BCUT2D eigenvalue weighted by Gasteiger charge is 2.31. The van der Waals surface area contributed by atoms with Crippen molar-refractivity contribution in [3.05, 3.63) is 35.1 Å².